The largest absolute Gasteiger partial charge is 0.409 e. The molecule has 2 aromatic heterocycles. The normalized spacial score (nSPS) is 17.6. The molecule has 0 atom stereocenters. The van der Waals surface area contributed by atoms with Gasteiger partial charge in [-0.25, -0.2) is 4.98 Å². The summed E-state index contributed by atoms with van der Waals surface area (Å²) >= 11 is 0. The van der Waals surface area contributed by atoms with Crippen LogP contribution in [0.4, 0.5) is 5.82 Å². The number of nitrogens with zero attached hydrogens (tertiary/aromatic N) is 7. The van der Waals surface area contributed by atoms with Crippen LogP contribution in [0.5, 0.6) is 0 Å². The van der Waals surface area contributed by atoms with E-state index in [1.165, 1.54) is 0 Å². The maximum atomic E-state index is 8.61. The number of rotatable bonds is 3. The molecule has 0 amide bonds. The van der Waals surface area contributed by atoms with Gasteiger partial charge in [0.2, 0.25) is 5.65 Å². The minimum atomic E-state index is 0.233. The standard InChI is InChI=1S/C12H18N8O/c1-9-15-16-12-11(14-2-3-20(9)12)19-6-4-18(5-7-19)8-10(13)17-21/h2-3,21H,4-8H2,1H3,(H2,13,17). The van der Waals surface area contributed by atoms with Crippen LogP contribution in [-0.2, 0) is 0 Å². The van der Waals surface area contributed by atoms with Gasteiger partial charge in [0.05, 0.1) is 6.54 Å². The van der Waals surface area contributed by atoms with Crippen molar-refractivity contribution in [2.75, 3.05) is 37.6 Å². The van der Waals surface area contributed by atoms with Crippen LogP contribution in [0.25, 0.3) is 5.65 Å². The molecule has 0 unspecified atom stereocenters. The van der Waals surface area contributed by atoms with Gasteiger partial charge in [-0.1, -0.05) is 5.16 Å². The Morgan fingerprint density at radius 2 is 2.10 bits per heavy atom. The molecule has 9 nitrogen and oxygen atoms in total. The van der Waals surface area contributed by atoms with E-state index >= 15 is 0 Å². The van der Waals surface area contributed by atoms with Gasteiger partial charge >= 0.3 is 0 Å². The van der Waals surface area contributed by atoms with Crippen LogP contribution in [0, 0.1) is 6.92 Å². The number of hydrogen-bond donors (Lipinski definition) is 2. The van der Waals surface area contributed by atoms with Gasteiger partial charge in [-0.15, -0.1) is 10.2 Å². The Kier molecular flexibility index (Phi) is 3.57. The first kappa shape index (κ1) is 13.6. The van der Waals surface area contributed by atoms with E-state index in [2.05, 4.69) is 30.1 Å². The molecule has 1 fully saturated rings. The lowest BCUT2D eigenvalue weighted by molar-refractivity contribution is 0.278. The summed E-state index contributed by atoms with van der Waals surface area (Å²) < 4.78 is 1.94. The molecular weight excluding hydrogens is 272 g/mol. The van der Waals surface area contributed by atoms with Crippen LogP contribution in [0.1, 0.15) is 5.82 Å². The Balaban J connectivity index is 1.74. The maximum absolute atomic E-state index is 8.61. The second kappa shape index (κ2) is 5.52. The first-order valence-electron chi connectivity index (χ1n) is 6.79. The number of piperazine rings is 1. The van der Waals surface area contributed by atoms with E-state index < -0.39 is 0 Å². The van der Waals surface area contributed by atoms with Crippen molar-refractivity contribution >= 4 is 17.3 Å². The van der Waals surface area contributed by atoms with Gasteiger partial charge in [0.25, 0.3) is 0 Å². The van der Waals surface area contributed by atoms with Gasteiger partial charge in [-0.2, -0.15) is 0 Å². The van der Waals surface area contributed by atoms with Crippen LogP contribution in [0.15, 0.2) is 17.5 Å². The monoisotopic (exact) mass is 290 g/mol. The van der Waals surface area contributed by atoms with Crippen LogP contribution in [0.2, 0.25) is 0 Å². The van der Waals surface area contributed by atoms with Crippen molar-refractivity contribution in [3.05, 3.63) is 18.2 Å². The topological polar surface area (TPSA) is 108 Å². The number of oxime groups is 1. The van der Waals surface area contributed by atoms with Crippen molar-refractivity contribution in [1.29, 1.82) is 0 Å². The summed E-state index contributed by atoms with van der Waals surface area (Å²) in [6.07, 6.45) is 3.63. The number of amidine groups is 1. The van der Waals surface area contributed by atoms with E-state index in [1.54, 1.807) is 6.20 Å². The molecule has 1 saturated heterocycles. The number of hydrogen-bond acceptors (Lipinski definition) is 7. The zero-order valence-electron chi connectivity index (χ0n) is 11.8. The number of aromatic nitrogens is 4. The predicted molar refractivity (Wildman–Crippen MR) is 77.6 cm³/mol. The highest BCUT2D eigenvalue weighted by Gasteiger charge is 2.21. The Labute approximate surface area is 121 Å². The molecule has 112 valence electrons. The van der Waals surface area contributed by atoms with Crippen molar-refractivity contribution in [1.82, 2.24) is 24.5 Å². The molecule has 1 aliphatic rings. The summed E-state index contributed by atoms with van der Waals surface area (Å²) in [5.41, 5.74) is 6.32. The van der Waals surface area contributed by atoms with Crippen LogP contribution >= 0.6 is 0 Å². The highest BCUT2D eigenvalue weighted by Crippen LogP contribution is 2.18. The third-order valence-corrected chi connectivity index (χ3v) is 3.66. The van der Waals surface area contributed by atoms with Crippen molar-refractivity contribution in [2.24, 2.45) is 10.9 Å². The Bertz CT molecular complexity index is 658. The molecule has 1 aliphatic heterocycles. The molecule has 0 aromatic carbocycles. The van der Waals surface area contributed by atoms with E-state index in [4.69, 9.17) is 10.9 Å². The SMILES string of the molecule is Cc1nnc2c(N3CCN(CC(N)=NO)CC3)nccn12. The van der Waals surface area contributed by atoms with Gasteiger partial charge in [0, 0.05) is 38.6 Å². The van der Waals surface area contributed by atoms with Crippen LogP contribution in [0.3, 0.4) is 0 Å². The van der Waals surface area contributed by atoms with E-state index in [9.17, 15) is 0 Å². The summed E-state index contributed by atoms with van der Waals surface area (Å²) in [4.78, 5) is 8.77. The minimum absolute atomic E-state index is 0.233. The second-order valence-corrected chi connectivity index (χ2v) is 5.05. The average molecular weight is 290 g/mol. The van der Waals surface area contributed by atoms with Crippen LogP contribution in [-0.4, -0.2) is 68.2 Å². The number of nitrogens with two attached hydrogens (primary N) is 1. The van der Waals surface area contributed by atoms with Crippen molar-refractivity contribution < 1.29 is 5.21 Å². The number of aryl methyl sites for hydroxylation is 1. The fraction of sp³-hybridized carbons (Fsp3) is 0.500. The Morgan fingerprint density at radius 1 is 1.33 bits per heavy atom. The first-order valence-corrected chi connectivity index (χ1v) is 6.79. The third kappa shape index (κ3) is 2.59. The fourth-order valence-electron chi connectivity index (χ4n) is 2.53. The molecule has 0 spiro atoms. The molecule has 2 aromatic rings. The quantitative estimate of drug-likeness (QED) is 0.333. The summed E-state index contributed by atoms with van der Waals surface area (Å²) in [6.45, 7) is 5.68. The summed E-state index contributed by atoms with van der Waals surface area (Å²) in [7, 11) is 0. The lowest BCUT2D eigenvalue weighted by Gasteiger charge is -2.34. The first-order chi connectivity index (χ1) is 10.2. The van der Waals surface area contributed by atoms with E-state index in [0.29, 0.717) is 6.54 Å². The molecule has 21 heavy (non-hydrogen) atoms. The van der Waals surface area contributed by atoms with Crippen molar-refractivity contribution in [2.45, 2.75) is 6.92 Å². The van der Waals surface area contributed by atoms with E-state index in [0.717, 1.165) is 43.5 Å². The Morgan fingerprint density at radius 3 is 2.81 bits per heavy atom. The molecule has 0 saturated carbocycles. The van der Waals surface area contributed by atoms with Gasteiger partial charge in [-0.3, -0.25) is 9.30 Å². The van der Waals surface area contributed by atoms with Gasteiger partial charge in [0.15, 0.2) is 11.7 Å². The summed E-state index contributed by atoms with van der Waals surface area (Å²) in [5, 5.41) is 19.9. The second-order valence-electron chi connectivity index (χ2n) is 5.05. The summed E-state index contributed by atoms with van der Waals surface area (Å²) in [5.74, 6) is 1.93. The highest BCUT2D eigenvalue weighted by molar-refractivity contribution is 5.81. The molecule has 0 radical (unpaired) electrons. The molecule has 0 aliphatic carbocycles. The van der Waals surface area contributed by atoms with Gasteiger partial charge in [-0.05, 0) is 6.92 Å². The van der Waals surface area contributed by atoms with E-state index in [-0.39, 0.29) is 5.84 Å². The summed E-state index contributed by atoms with van der Waals surface area (Å²) in [6, 6.07) is 0. The maximum Gasteiger partial charge on any atom is 0.203 e. The number of anilines is 1. The van der Waals surface area contributed by atoms with E-state index in [1.807, 2.05) is 17.5 Å². The molecule has 9 heteroatoms. The zero-order chi connectivity index (χ0) is 14.8. The van der Waals surface area contributed by atoms with Gasteiger partial charge in [0.1, 0.15) is 5.82 Å². The van der Waals surface area contributed by atoms with Gasteiger partial charge < -0.3 is 15.8 Å². The van der Waals surface area contributed by atoms with Crippen LogP contribution < -0.4 is 10.6 Å². The predicted octanol–water partition coefficient (Wildman–Crippen LogP) is -0.699. The fourth-order valence-corrected chi connectivity index (χ4v) is 2.53. The smallest absolute Gasteiger partial charge is 0.203 e. The molecule has 3 N–H and O–H groups in total. The van der Waals surface area contributed by atoms with Crippen molar-refractivity contribution in [3.8, 4) is 0 Å². The molecule has 3 heterocycles. The van der Waals surface area contributed by atoms with Crippen molar-refractivity contribution in [3.63, 3.8) is 0 Å². The molecular formula is C12H18N8O. The lowest BCUT2D eigenvalue weighted by atomic mass is 10.3. The molecule has 3 rings (SSSR count). The lowest BCUT2D eigenvalue weighted by Crippen LogP contribution is -2.49. The highest BCUT2D eigenvalue weighted by atomic mass is 16.4. The zero-order valence-corrected chi connectivity index (χ0v) is 11.8. The third-order valence-electron chi connectivity index (χ3n) is 3.66. The molecule has 0 bridgehead atoms. The average Bonchev–Trinajstić information content (AvgIpc) is 2.90. The Hall–Kier alpha value is -2.42. The minimum Gasteiger partial charge on any atom is -0.409 e. The number of fused-ring (bicyclic) bond motifs is 1.